The molecule has 2 aromatic carbocycles. The normalized spacial score (nSPS) is 18.6. The molecule has 1 aliphatic rings. The van der Waals surface area contributed by atoms with Crippen LogP contribution in [0.15, 0.2) is 59.7 Å². The summed E-state index contributed by atoms with van der Waals surface area (Å²) in [6.45, 7) is 4.14. The van der Waals surface area contributed by atoms with Gasteiger partial charge in [0.1, 0.15) is 0 Å². The van der Waals surface area contributed by atoms with Crippen molar-refractivity contribution in [2.24, 2.45) is 0 Å². The quantitative estimate of drug-likeness (QED) is 0.717. The Labute approximate surface area is 142 Å². The summed E-state index contributed by atoms with van der Waals surface area (Å²) in [5.74, 6) is 1.76. The summed E-state index contributed by atoms with van der Waals surface area (Å²) in [4.78, 5) is 12.7. The van der Waals surface area contributed by atoms with Crippen LogP contribution < -0.4 is 0 Å². The average molecular weight is 320 g/mol. The highest BCUT2D eigenvalue weighted by Gasteiger charge is 2.20. The molecule has 2 aromatic rings. The van der Waals surface area contributed by atoms with Crippen molar-refractivity contribution in [2.75, 3.05) is 11.5 Å². The van der Waals surface area contributed by atoms with Gasteiger partial charge < -0.3 is 0 Å². The number of carbonyl (C=O) groups is 1. The smallest absolute Gasteiger partial charge is 0.186 e. The van der Waals surface area contributed by atoms with E-state index in [0.29, 0.717) is 0 Å². The first kappa shape index (κ1) is 15.8. The SMILES string of the molecule is Cc1ccc(C=C2CSCC(=Cc3ccc(C)cc3)C2=O)cc1. The van der Waals surface area contributed by atoms with Crippen LogP contribution in [-0.4, -0.2) is 17.3 Å². The number of benzene rings is 2. The lowest BCUT2D eigenvalue weighted by Gasteiger charge is -2.16. The molecule has 1 saturated heterocycles. The minimum Gasteiger partial charge on any atom is -0.289 e. The van der Waals surface area contributed by atoms with E-state index in [1.54, 1.807) is 11.8 Å². The van der Waals surface area contributed by atoms with Crippen molar-refractivity contribution >= 4 is 29.7 Å². The highest BCUT2D eigenvalue weighted by Crippen LogP contribution is 2.27. The molecule has 3 rings (SSSR count). The molecule has 2 heteroatoms. The number of hydrogen-bond donors (Lipinski definition) is 0. The summed E-state index contributed by atoms with van der Waals surface area (Å²) in [6.07, 6.45) is 4.05. The summed E-state index contributed by atoms with van der Waals surface area (Å²) in [7, 11) is 0. The molecule has 1 nitrogen and oxygen atoms in total. The third kappa shape index (κ3) is 4.02. The van der Waals surface area contributed by atoms with Crippen LogP contribution in [0.5, 0.6) is 0 Å². The Morgan fingerprint density at radius 2 is 1.13 bits per heavy atom. The van der Waals surface area contributed by atoms with Crippen LogP contribution in [0.4, 0.5) is 0 Å². The van der Waals surface area contributed by atoms with Crippen molar-refractivity contribution in [3.05, 3.63) is 81.9 Å². The van der Waals surface area contributed by atoms with Crippen molar-refractivity contribution in [3.8, 4) is 0 Å². The summed E-state index contributed by atoms with van der Waals surface area (Å²) >= 11 is 1.80. The maximum absolute atomic E-state index is 12.7. The van der Waals surface area contributed by atoms with Gasteiger partial charge in [0.2, 0.25) is 0 Å². The summed E-state index contributed by atoms with van der Waals surface area (Å²) in [5, 5.41) is 0. The van der Waals surface area contributed by atoms with Crippen LogP contribution in [0.1, 0.15) is 22.3 Å². The van der Waals surface area contributed by atoms with Gasteiger partial charge in [-0.2, -0.15) is 11.8 Å². The predicted octanol–water partition coefficient (Wildman–Crippen LogP) is 5.09. The number of carbonyl (C=O) groups excluding carboxylic acids is 1. The van der Waals surface area contributed by atoms with E-state index >= 15 is 0 Å². The Morgan fingerprint density at radius 1 is 0.739 bits per heavy atom. The van der Waals surface area contributed by atoms with Gasteiger partial charge in [-0.15, -0.1) is 0 Å². The summed E-state index contributed by atoms with van der Waals surface area (Å²) < 4.78 is 0. The van der Waals surface area contributed by atoms with E-state index in [1.807, 2.05) is 12.2 Å². The van der Waals surface area contributed by atoms with Crippen molar-refractivity contribution in [2.45, 2.75) is 13.8 Å². The minimum absolute atomic E-state index is 0.185. The summed E-state index contributed by atoms with van der Waals surface area (Å²) in [6, 6.07) is 16.6. The largest absolute Gasteiger partial charge is 0.289 e. The Morgan fingerprint density at radius 3 is 1.52 bits per heavy atom. The van der Waals surface area contributed by atoms with E-state index in [-0.39, 0.29) is 5.78 Å². The predicted molar refractivity (Wildman–Crippen MR) is 101 cm³/mol. The minimum atomic E-state index is 0.185. The lowest BCUT2D eigenvalue weighted by atomic mass is 10.00. The molecule has 0 aromatic heterocycles. The van der Waals surface area contributed by atoms with E-state index in [2.05, 4.69) is 62.4 Å². The molecular weight excluding hydrogens is 300 g/mol. The lowest BCUT2D eigenvalue weighted by molar-refractivity contribution is -0.112. The second-order valence-electron chi connectivity index (χ2n) is 5.98. The van der Waals surface area contributed by atoms with E-state index in [4.69, 9.17) is 0 Å². The van der Waals surface area contributed by atoms with E-state index in [9.17, 15) is 4.79 Å². The molecule has 0 aliphatic carbocycles. The molecule has 1 fully saturated rings. The molecule has 1 aliphatic heterocycles. The molecule has 0 radical (unpaired) electrons. The standard InChI is InChI=1S/C21H20OS/c1-15-3-7-17(8-4-15)11-19-13-23-14-20(21(19)22)12-18-9-5-16(2)6-10-18/h3-12H,13-14H2,1-2H3. The van der Waals surface area contributed by atoms with Crippen molar-refractivity contribution in [1.82, 2.24) is 0 Å². The molecule has 1 heterocycles. The van der Waals surface area contributed by atoms with Gasteiger partial charge in [0.05, 0.1) is 0 Å². The van der Waals surface area contributed by atoms with Crippen molar-refractivity contribution in [1.29, 1.82) is 0 Å². The molecule has 0 N–H and O–H groups in total. The topological polar surface area (TPSA) is 17.1 Å². The average Bonchev–Trinajstić information content (AvgIpc) is 2.55. The van der Waals surface area contributed by atoms with Crippen LogP contribution in [-0.2, 0) is 4.79 Å². The van der Waals surface area contributed by atoms with Crippen molar-refractivity contribution in [3.63, 3.8) is 0 Å². The number of thioether (sulfide) groups is 1. The van der Waals surface area contributed by atoms with E-state index in [0.717, 1.165) is 33.8 Å². The monoisotopic (exact) mass is 320 g/mol. The summed E-state index contributed by atoms with van der Waals surface area (Å²) in [5.41, 5.74) is 6.44. The first-order valence-electron chi connectivity index (χ1n) is 7.79. The number of rotatable bonds is 2. The fraction of sp³-hybridized carbons (Fsp3) is 0.190. The zero-order chi connectivity index (χ0) is 16.2. The lowest BCUT2D eigenvalue weighted by Crippen LogP contribution is -2.16. The van der Waals surface area contributed by atoms with Crippen LogP contribution in [0.3, 0.4) is 0 Å². The molecule has 0 spiro atoms. The number of Topliss-reactive ketones (excluding diaryl/α,β-unsaturated/α-hetero) is 1. The van der Waals surface area contributed by atoms with Gasteiger partial charge in [-0.25, -0.2) is 0 Å². The van der Waals surface area contributed by atoms with Crippen LogP contribution >= 0.6 is 11.8 Å². The fourth-order valence-electron chi connectivity index (χ4n) is 2.55. The third-order valence-corrected chi connectivity index (χ3v) is 4.97. The number of ketones is 1. The molecule has 116 valence electrons. The second kappa shape index (κ2) is 7.01. The third-order valence-electron chi connectivity index (χ3n) is 3.93. The molecular formula is C21H20OS. The molecule has 0 unspecified atom stereocenters. The first-order chi connectivity index (χ1) is 11.1. The molecule has 0 atom stereocenters. The van der Waals surface area contributed by atoms with Crippen LogP contribution in [0.25, 0.3) is 12.2 Å². The maximum atomic E-state index is 12.7. The zero-order valence-corrected chi connectivity index (χ0v) is 14.3. The van der Waals surface area contributed by atoms with Gasteiger partial charge in [-0.3, -0.25) is 4.79 Å². The second-order valence-corrected chi connectivity index (χ2v) is 6.97. The highest BCUT2D eigenvalue weighted by atomic mass is 32.2. The van der Waals surface area contributed by atoms with Gasteiger partial charge in [0.25, 0.3) is 0 Å². The Bertz CT molecular complexity index is 699. The van der Waals surface area contributed by atoms with Crippen molar-refractivity contribution < 1.29 is 4.79 Å². The first-order valence-corrected chi connectivity index (χ1v) is 8.94. The maximum Gasteiger partial charge on any atom is 0.186 e. The fourth-order valence-corrected chi connectivity index (χ4v) is 3.52. The Balaban J connectivity index is 1.86. The van der Waals surface area contributed by atoms with E-state index < -0.39 is 0 Å². The zero-order valence-electron chi connectivity index (χ0n) is 13.5. The van der Waals surface area contributed by atoms with Gasteiger partial charge >= 0.3 is 0 Å². The van der Waals surface area contributed by atoms with Gasteiger partial charge in [-0.05, 0) is 37.1 Å². The van der Waals surface area contributed by atoms with Crippen LogP contribution in [0, 0.1) is 13.8 Å². The molecule has 23 heavy (non-hydrogen) atoms. The number of hydrogen-bond acceptors (Lipinski definition) is 2. The molecule has 0 saturated carbocycles. The molecule has 0 amide bonds. The van der Waals surface area contributed by atoms with E-state index in [1.165, 1.54) is 11.1 Å². The van der Waals surface area contributed by atoms with Crippen LogP contribution in [0.2, 0.25) is 0 Å². The Hall–Kier alpha value is -2.06. The number of aryl methyl sites for hydroxylation is 2. The van der Waals surface area contributed by atoms with Gasteiger partial charge in [-0.1, -0.05) is 59.7 Å². The van der Waals surface area contributed by atoms with Gasteiger partial charge in [0, 0.05) is 22.7 Å². The molecule has 0 bridgehead atoms. The Kier molecular flexibility index (Phi) is 4.82. The highest BCUT2D eigenvalue weighted by molar-refractivity contribution is 7.99. The van der Waals surface area contributed by atoms with Gasteiger partial charge in [0.15, 0.2) is 5.78 Å².